The number of hydrogen-bond donors (Lipinski definition) is 0. The summed E-state index contributed by atoms with van der Waals surface area (Å²) in [6.07, 6.45) is 11.7. The first kappa shape index (κ1) is 28.0. The van der Waals surface area contributed by atoms with Crippen molar-refractivity contribution in [1.82, 2.24) is 0 Å². The van der Waals surface area contributed by atoms with Crippen LogP contribution in [-0.2, 0) is 0 Å². The first-order chi connectivity index (χ1) is 17.4. The van der Waals surface area contributed by atoms with E-state index in [1.165, 1.54) is 82.6 Å². The van der Waals surface area contributed by atoms with Gasteiger partial charge >= 0.3 is 0 Å². The number of halogens is 4. The average molecular weight is 499 g/mol. The van der Waals surface area contributed by atoms with Crippen LogP contribution in [0.2, 0.25) is 0 Å². The summed E-state index contributed by atoms with van der Waals surface area (Å²) in [6.45, 7) is 3.56. The summed E-state index contributed by atoms with van der Waals surface area (Å²) in [5.74, 6) is 0.279. The summed E-state index contributed by atoms with van der Waals surface area (Å²) in [5, 5.41) is 0. The van der Waals surface area contributed by atoms with Crippen LogP contribution in [-0.4, -0.2) is 6.67 Å². The van der Waals surface area contributed by atoms with E-state index in [0.29, 0.717) is 11.5 Å². The molecule has 4 heteroatoms. The van der Waals surface area contributed by atoms with E-state index in [1.54, 1.807) is 24.3 Å². The van der Waals surface area contributed by atoms with E-state index in [1.807, 2.05) is 12.1 Å². The zero-order valence-corrected chi connectivity index (χ0v) is 21.5. The second kappa shape index (κ2) is 14.2. The van der Waals surface area contributed by atoms with Gasteiger partial charge in [-0.2, -0.15) is 0 Å². The molecule has 0 heterocycles. The predicted octanol–water partition coefficient (Wildman–Crippen LogP) is 10.5. The van der Waals surface area contributed by atoms with Crippen LogP contribution in [0, 0.1) is 36.2 Å². The van der Waals surface area contributed by atoms with Crippen LogP contribution in [0.25, 0.3) is 22.3 Å². The molecule has 1 aliphatic rings. The van der Waals surface area contributed by atoms with Gasteiger partial charge < -0.3 is 0 Å². The molecule has 0 aromatic heterocycles. The van der Waals surface area contributed by atoms with E-state index in [9.17, 15) is 17.6 Å². The third-order valence-electron chi connectivity index (χ3n) is 7.38. The summed E-state index contributed by atoms with van der Waals surface area (Å²) in [4.78, 5) is 0. The minimum atomic E-state index is -0.558. The zero-order valence-electron chi connectivity index (χ0n) is 21.5. The van der Waals surface area contributed by atoms with Gasteiger partial charge in [-0.05, 0) is 71.7 Å². The number of alkyl halides is 1. The standard InChI is InChI=1S/C19H13F3.C13H25F/c1-12-18(21)10-16(11-19(12)22)15-4-2-13(3-5-15)14-6-8-17(20)9-7-14;1-2-3-4-5-12-6-8-13(9-7-12)10-11-14/h2-11H,1H3;12-13H,2-11H2,1H3. The Labute approximate surface area is 213 Å². The van der Waals surface area contributed by atoms with Gasteiger partial charge in [0, 0.05) is 5.56 Å². The van der Waals surface area contributed by atoms with Crippen molar-refractivity contribution in [2.75, 3.05) is 6.67 Å². The minimum absolute atomic E-state index is 0.0201. The minimum Gasteiger partial charge on any atom is -0.251 e. The highest BCUT2D eigenvalue weighted by atomic mass is 19.1. The zero-order chi connectivity index (χ0) is 25.9. The Morgan fingerprint density at radius 1 is 0.639 bits per heavy atom. The maximum absolute atomic E-state index is 13.6. The van der Waals surface area contributed by atoms with Crippen molar-refractivity contribution in [3.8, 4) is 22.3 Å². The van der Waals surface area contributed by atoms with E-state index >= 15 is 0 Å². The lowest BCUT2D eigenvalue weighted by molar-refractivity contribution is 0.235. The smallest absolute Gasteiger partial charge is 0.129 e. The van der Waals surface area contributed by atoms with Gasteiger partial charge in [0.1, 0.15) is 17.5 Å². The second-order valence-electron chi connectivity index (χ2n) is 10.0. The molecule has 36 heavy (non-hydrogen) atoms. The van der Waals surface area contributed by atoms with Gasteiger partial charge in [-0.15, -0.1) is 0 Å². The van der Waals surface area contributed by atoms with Crippen LogP contribution in [0.4, 0.5) is 17.6 Å². The van der Waals surface area contributed by atoms with Gasteiger partial charge in [-0.25, -0.2) is 13.2 Å². The van der Waals surface area contributed by atoms with Gasteiger partial charge in [0.05, 0.1) is 6.67 Å². The largest absolute Gasteiger partial charge is 0.251 e. The van der Waals surface area contributed by atoms with Crippen LogP contribution >= 0.6 is 0 Å². The lowest BCUT2D eigenvalue weighted by Crippen LogP contribution is -2.15. The van der Waals surface area contributed by atoms with Gasteiger partial charge in [0.15, 0.2) is 0 Å². The summed E-state index contributed by atoms with van der Waals surface area (Å²) in [7, 11) is 0. The Morgan fingerprint density at radius 3 is 1.56 bits per heavy atom. The van der Waals surface area contributed by atoms with E-state index in [0.717, 1.165) is 29.0 Å². The van der Waals surface area contributed by atoms with Gasteiger partial charge in [-0.1, -0.05) is 94.7 Å². The summed E-state index contributed by atoms with van der Waals surface area (Å²) >= 11 is 0. The predicted molar refractivity (Wildman–Crippen MR) is 142 cm³/mol. The molecule has 0 spiro atoms. The molecule has 0 radical (unpaired) electrons. The van der Waals surface area contributed by atoms with Gasteiger partial charge in [0.2, 0.25) is 0 Å². The molecule has 0 bridgehead atoms. The van der Waals surface area contributed by atoms with E-state index in [2.05, 4.69) is 6.92 Å². The highest BCUT2D eigenvalue weighted by molar-refractivity contribution is 5.70. The quantitative estimate of drug-likeness (QED) is 0.214. The molecule has 3 aromatic rings. The van der Waals surface area contributed by atoms with Crippen LogP contribution in [0.15, 0.2) is 60.7 Å². The summed E-state index contributed by atoms with van der Waals surface area (Å²) in [5.41, 5.74) is 3.03. The van der Waals surface area contributed by atoms with Crippen molar-refractivity contribution >= 4 is 0 Å². The first-order valence-electron chi connectivity index (χ1n) is 13.3. The van der Waals surface area contributed by atoms with Crippen molar-refractivity contribution in [1.29, 1.82) is 0 Å². The number of benzene rings is 3. The number of rotatable bonds is 8. The Bertz CT molecular complexity index is 1030. The number of unbranched alkanes of at least 4 members (excludes halogenated alkanes) is 2. The van der Waals surface area contributed by atoms with Crippen LogP contribution in [0.1, 0.15) is 70.3 Å². The molecule has 4 rings (SSSR count). The van der Waals surface area contributed by atoms with Crippen molar-refractivity contribution in [2.45, 2.75) is 71.6 Å². The third-order valence-corrected chi connectivity index (χ3v) is 7.38. The monoisotopic (exact) mass is 498 g/mol. The fraction of sp³-hybridized carbons (Fsp3) is 0.438. The molecule has 194 valence electrons. The lowest BCUT2D eigenvalue weighted by atomic mass is 9.79. The molecule has 0 unspecified atom stereocenters. The summed E-state index contributed by atoms with van der Waals surface area (Å²) < 4.78 is 52.3. The Morgan fingerprint density at radius 2 is 1.08 bits per heavy atom. The van der Waals surface area contributed by atoms with Crippen molar-refractivity contribution in [2.24, 2.45) is 11.8 Å². The SMILES string of the molecule is CCCCCC1CCC(CCF)CC1.Cc1c(F)cc(-c2ccc(-c3ccc(F)cc3)cc2)cc1F. The first-order valence-corrected chi connectivity index (χ1v) is 13.3. The van der Waals surface area contributed by atoms with Crippen molar-refractivity contribution in [3.63, 3.8) is 0 Å². The van der Waals surface area contributed by atoms with E-state index in [-0.39, 0.29) is 18.1 Å². The second-order valence-corrected chi connectivity index (χ2v) is 10.0. The maximum atomic E-state index is 13.6. The fourth-order valence-electron chi connectivity index (χ4n) is 4.96. The van der Waals surface area contributed by atoms with Crippen LogP contribution < -0.4 is 0 Å². The molecule has 0 aliphatic heterocycles. The molecular weight excluding hydrogens is 460 g/mol. The molecule has 1 saturated carbocycles. The lowest BCUT2D eigenvalue weighted by Gasteiger charge is -2.27. The molecule has 3 aromatic carbocycles. The fourth-order valence-corrected chi connectivity index (χ4v) is 4.96. The molecule has 0 amide bonds. The third kappa shape index (κ3) is 8.21. The Balaban J connectivity index is 0.000000223. The Hall–Kier alpha value is -2.62. The normalized spacial score (nSPS) is 17.4. The maximum Gasteiger partial charge on any atom is 0.129 e. The van der Waals surface area contributed by atoms with Gasteiger partial charge in [-0.3, -0.25) is 4.39 Å². The molecule has 0 atom stereocenters. The van der Waals surface area contributed by atoms with Crippen molar-refractivity contribution < 1.29 is 17.6 Å². The molecular formula is C32H38F4. The summed E-state index contributed by atoms with van der Waals surface area (Å²) in [6, 6.07) is 16.1. The molecule has 1 fully saturated rings. The number of hydrogen-bond acceptors (Lipinski definition) is 0. The van der Waals surface area contributed by atoms with E-state index in [4.69, 9.17) is 0 Å². The Kier molecular flexibility index (Phi) is 11.0. The topological polar surface area (TPSA) is 0 Å². The van der Waals surface area contributed by atoms with Crippen LogP contribution in [0.5, 0.6) is 0 Å². The molecule has 0 saturated heterocycles. The molecule has 0 N–H and O–H groups in total. The highest BCUT2D eigenvalue weighted by Crippen LogP contribution is 2.33. The average Bonchev–Trinajstić information content (AvgIpc) is 2.89. The van der Waals surface area contributed by atoms with E-state index < -0.39 is 11.6 Å². The van der Waals surface area contributed by atoms with Crippen LogP contribution in [0.3, 0.4) is 0 Å². The van der Waals surface area contributed by atoms with Crippen molar-refractivity contribution in [3.05, 3.63) is 83.7 Å². The molecule has 1 aliphatic carbocycles. The molecule has 0 nitrogen and oxygen atoms in total. The van der Waals surface area contributed by atoms with Gasteiger partial charge in [0.25, 0.3) is 0 Å². The highest BCUT2D eigenvalue weighted by Gasteiger charge is 2.20.